The van der Waals surface area contributed by atoms with E-state index in [1.54, 1.807) is 7.11 Å². The first kappa shape index (κ1) is 7.32. The SMILES string of the molecule is COC#CC(C)OC. The summed E-state index contributed by atoms with van der Waals surface area (Å²) in [6, 6.07) is 0. The average Bonchev–Trinajstić information content (AvgIpc) is 1.83. The third kappa shape index (κ3) is 3.51. The summed E-state index contributed by atoms with van der Waals surface area (Å²) in [5.41, 5.74) is 0. The minimum Gasteiger partial charge on any atom is -0.450 e. The average molecular weight is 114 g/mol. The number of hydrogen-bond donors (Lipinski definition) is 0. The Hall–Kier alpha value is -0.680. The Labute approximate surface area is 49.8 Å². The molecule has 0 aromatic carbocycles. The third-order valence-electron chi connectivity index (χ3n) is 0.718. The Morgan fingerprint density at radius 1 is 1.38 bits per heavy atom. The van der Waals surface area contributed by atoms with E-state index in [0.29, 0.717) is 0 Å². The van der Waals surface area contributed by atoms with Crippen LogP contribution in [-0.4, -0.2) is 20.3 Å². The summed E-state index contributed by atoms with van der Waals surface area (Å²) < 4.78 is 9.27. The van der Waals surface area contributed by atoms with E-state index in [1.165, 1.54) is 7.11 Å². The highest BCUT2D eigenvalue weighted by atomic mass is 16.5. The Morgan fingerprint density at radius 3 is 2.38 bits per heavy atom. The van der Waals surface area contributed by atoms with E-state index < -0.39 is 0 Å². The largest absolute Gasteiger partial charge is 0.450 e. The van der Waals surface area contributed by atoms with E-state index >= 15 is 0 Å². The highest BCUT2D eigenvalue weighted by molar-refractivity contribution is 4.97. The van der Waals surface area contributed by atoms with E-state index in [-0.39, 0.29) is 6.10 Å². The number of rotatable bonds is 1. The van der Waals surface area contributed by atoms with Gasteiger partial charge in [0.25, 0.3) is 0 Å². The summed E-state index contributed by atoms with van der Waals surface area (Å²) in [6.45, 7) is 1.85. The molecule has 0 aromatic heterocycles. The van der Waals surface area contributed by atoms with E-state index in [1.807, 2.05) is 6.92 Å². The van der Waals surface area contributed by atoms with Gasteiger partial charge < -0.3 is 9.47 Å². The molecule has 0 heterocycles. The molecule has 8 heavy (non-hydrogen) atoms. The summed E-state index contributed by atoms with van der Waals surface area (Å²) in [4.78, 5) is 0. The molecule has 0 aliphatic rings. The van der Waals surface area contributed by atoms with Crippen LogP contribution < -0.4 is 0 Å². The molecule has 1 atom stereocenters. The van der Waals surface area contributed by atoms with Gasteiger partial charge in [0.15, 0.2) is 0 Å². The van der Waals surface area contributed by atoms with Crippen molar-refractivity contribution in [3.05, 3.63) is 0 Å². The van der Waals surface area contributed by atoms with Crippen molar-refractivity contribution in [2.45, 2.75) is 13.0 Å². The van der Waals surface area contributed by atoms with Crippen LogP contribution in [-0.2, 0) is 9.47 Å². The van der Waals surface area contributed by atoms with Crippen molar-refractivity contribution in [1.82, 2.24) is 0 Å². The van der Waals surface area contributed by atoms with E-state index in [2.05, 4.69) is 16.8 Å². The lowest BCUT2D eigenvalue weighted by Gasteiger charge is -1.95. The maximum atomic E-state index is 4.80. The van der Waals surface area contributed by atoms with Gasteiger partial charge in [-0.25, -0.2) is 0 Å². The second kappa shape index (κ2) is 4.48. The van der Waals surface area contributed by atoms with Gasteiger partial charge in [-0.3, -0.25) is 0 Å². The number of methoxy groups -OCH3 is 2. The number of hydrogen-bond acceptors (Lipinski definition) is 2. The van der Waals surface area contributed by atoms with Gasteiger partial charge in [0.1, 0.15) is 12.2 Å². The van der Waals surface area contributed by atoms with Crippen molar-refractivity contribution in [1.29, 1.82) is 0 Å². The Bertz CT molecular complexity index is 98.8. The lowest BCUT2D eigenvalue weighted by Crippen LogP contribution is -1.99. The summed E-state index contributed by atoms with van der Waals surface area (Å²) in [5, 5.41) is 0. The minimum absolute atomic E-state index is 0.0325. The highest BCUT2D eigenvalue weighted by Gasteiger charge is 1.87. The summed E-state index contributed by atoms with van der Waals surface area (Å²) in [6.07, 6.45) is 2.39. The molecule has 0 fully saturated rings. The minimum atomic E-state index is -0.0325. The second-order valence-electron chi connectivity index (χ2n) is 1.33. The van der Waals surface area contributed by atoms with Crippen LogP contribution in [0.15, 0.2) is 0 Å². The molecule has 0 saturated carbocycles. The van der Waals surface area contributed by atoms with Gasteiger partial charge in [0, 0.05) is 7.11 Å². The summed E-state index contributed by atoms with van der Waals surface area (Å²) in [7, 11) is 3.13. The fourth-order valence-corrected chi connectivity index (χ4v) is 0.201. The maximum Gasteiger partial charge on any atom is 0.118 e. The molecule has 0 spiro atoms. The number of ether oxygens (including phenoxy) is 2. The molecule has 0 radical (unpaired) electrons. The van der Waals surface area contributed by atoms with Gasteiger partial charge >= 0.3 is 0 Å². The van der Waals surface area contributed by atoms with Gasteiger partial charge in [-0.05, 0) is 12.8 Å². The third-order valence-corrected chi connectivity index (χ3v) is 0.718. The van der Waals surface area contributed by atoms with Crippen molar-refractivity contribution in [3.63, 3.8) is 0 Å². The quantitative estimate of drug-likeness (QED) is 0.465. The predicted molar refractivity (Wildman–Crippen MR) is 31.3 cm³/mol. The zero-order valence-electron chi connectivity index (χ0n) is 5.39. The Balaban J connectivity index is 3.35. The molecule has 2 heteroatoms. The van der Waals surface area contributed by atoms with E-state index in [9.17, 15) is 0 Å². The Kier molecular flexibility index (Phi) is 4.10. The van der Waals surface area contributed by atoms with Crippen molar-refractivity contribution >= 4 is 0 Å². The van der Waals surface area contributed by atoms with Crippen molar-refractivity contribution in [2.75, 3.05) is 14.2 Å². The van der Waals surface area contributed by atoms with Gasteiger partial charge in [-0.1, -0.05) is 0 Å². The molecule has 0 N–H and O–H groups in total. The summed E-state index contributed by atoms with van der Waals surface area (Å²) in [5.74, 6) is 2.69. The van der Waals surface area contributed by atoms with Gasteiger partial charge in [-0.2, -0.15) is 0 Å². The first-order valence-electron chi connectivity index (χ1n) is 2.37. The first-order valence-corrected chi connectivity index (χ1v) is 2.37. The van der Waals surface area contributed by atoms with Crippen molar-refractivity contribution < 1.29 is 9.47 Å². The fourth-order valence-electron chi connectivity index (χ4n) is 0.201. The van der Waals surface area contributed by atoms with Crippen LogP contribution in [0, 0.1) is 12.0 Å². The molecule has 0 aliphatic heterocycles. The molecule has 0 rings (SSSR count). The van der Waals surface area contributed by atoms with E-state index in [4.69, 9.17) is 4.74 Å². The van der Waals surface area contributed by atoms with E-state index in [0.717, 1.165) is 0 Å². The topological polar surface area (TPSA) is 18.5 Å². The van der Waals surface area contributed by atoms with Crippen molar-refractivity contribution in [3.8, 4) is 12.0 Å². The standard InChI is InChI=1S/C6H10O2/c1-6(8-3)4-5-7-2/h6H,1-3H3. The van der Waals surface area contributed by atoms with Crippen LogP contribution in [0.5, 0.6) is 0 Å². The monoisotopic (exact) mass is 114 g/mol. The lowest BCUT2D eigenvalue weighted by atomic mass is 10.4. The first-order chi connectivity index (χ1) is 3.81. The smallest absolute Gasteiger partial charge is 0.118 e. The van der Waals surface area contributed by atoms with Crippen LogP contribution in [0.2, 0.25) is 0 Å². The molecule has 0 amide bonds. The molecule has 0 bridgehead atoms. The lowest BCUT2D eigenvalue weighted by molar-refractivity contribution is 0.162. The second-order valence-corrected chi connectivity index (χ2v) is 1.33. The van der Waals surface area contributed by atoms with Gasteiger partial charge in [0.05, 0.1) is 7.11 Å². The molecule has 0 aliphatic carbocycles. The molecular formula is C6H10O2. The van der Waals surface area contributed by atoms with Crippen LogP contribution in [0.25, 0.3) is 0 Å². The maximum absolute atomic E-state index is 4.80. The molecule has 1 unspecified atom stereocenters. The zero-order chi connectivity index (χ0) is 6.41. The molecule has 0 aromatic rings. The van der Waals surface area contributed by atoms with Gasteiger partial charge in [0.2, 0.25) is 0 Å². The molecular weight excluding hydrogens is 104 g/mol. The summed E-state index contributed by atoms with van der Waals surface area (Å²) >= 11 is 0. The fraction of sp³-hybridized carbons (Fsp3) is 0.667. The van der Waals surface area contributed by atoms with Crippen LogP contribution in [0.3, 0.4) is 0 Å². The zero-order valence-corrected chi connectivity index (χ0v) is 5.39. The molecule has 0 saturated heterocycles. The molecule has 2 nitrogen and oxygen atoms in total. The van der Waals surface area contributed by atoms with Crippen LogP contribution >= 0.6 is 0 Å². The van der Waals surface area contributed by atoms with Gasteiger partial charge in [-0.15, -0.1) is 0 Å². The molecule has 46 valence electrons. The van der Waals surface area contributed by atoms with Crippen LogP contribution in [0.1, 0.15) is 6.92 Å². The predicted octanol–water partition coefficient (Wildman–Crippen LogP) is 0.629. The normalized spacial score (nSPS) is 11.4. The van der Waals surface area contributed by atoms with Crippen LogP contribution in [0.4, 0.5) is 0 Å². The Morgan fingerprint density at radius 2 is 2.00 bits per heavy atom. The van der Waals surface area contributed by atoms with Crippen molar-refractivity contribution in [2.24, 2.45) is 0 Å². The highest BCUT2D eigenvalue weighted by Crippen LogP contribution is 1.80.